The maximum atomic E-state index is 11.8. The van der Waals surface area contributed by atoms with Crippen LogP contribution in [-0.4, -0.2) is 37.5 Å². The molecule has 2 aromatic carbocycles. The largest absolute Gasteiger partial charge is 0.369 e. The van der Waals surface area contributed by atoms with Crippen LogP contribution in [0.5, 0.6) is 0 Å². The zero-order valence-electron chi connectivity index (χ0n) is 19.1. The Morgan fingerprint density at radius 3 is 2.48 bits per heavy atom. The van der Waals surface area contributed by atoms with Gasteiger partial charge >= 0.3 is 0 Å². The Morgan fingerprint density at radius 1 is 1.13 bits per heavy atom. The fourth-order valence-corrected chi connectivity index (χ4v) is 3.53. The minimum atomic E-state index is -0.0319. The molecule has 0 radical (unpaired) electrons. The van der Waals surface area contributed by atoms with Crippen molar-refractivity contribution >= 4 is 23.2 Å². The van der Waals surface area contributed by atoms with Crippen molar-refractivity contribution in [3.63, 3.8) is 0 Å². The minimum Gasteiger partial charge on any atom is -0.369 e. The molecule has 1 heterocycles. The third-order valence-electron chi connectivity index (χ3n) is 5.44. The SMILES string of the molecule is CCNC(=NCc1ccc(NC(=O)C(C)C)cc1)NC1CCN(c2ccc(C)cc2)C1. The van der Waals surface area contributed by atoms with Crippen LogP contribution in [0.3, 0.4) is 0 Å². The van der Waals surface area contributed by atoms with Crippen molar-refractivity contribution in [3.05, 3.63) is 59.7 Å². The van der Waals surface area contributed by atoms with Crippen molar-refractivity contribution in [2.24, 2.45) is 10.9 Å². The van der Waals surface area contributed by atoms with Gasteiger partial charge in [0.1, 0.15) is 0 Å². The van der Waals surface area contributed by atoms with Gasteiger partial charge in [0.2, 0.25) is 5.91 Å². The fraction of sp³-hybridized carbons (Fsp3) is 0.440. The van der Waals surface area contributed by atoms with Crippen molar-refractivity contribution < 1.29 is 4.79 Å². The lowest BCUT2D eigenvalue weighted by molar-refractivity contribution is -0.118. The van der Waals surface area contributed by atoms with E-state index in [4.69, 9.17) is 4.99 Å². The lowest BCUT2D eigenvalue weighted by Gasteiger charge is -2.20. The molecule has 1 atom stereocenters. The summed E-state index contributed by atoms with van der Waals surface area (Å²) < 4.78 is 0. The molecule has 6 nitrogen and oxygen atoms in total. The summed E-state index contributed by atoms with van der Waals surface area (Å²) in [4.78, 5) is 19.0. The predicted molar refractivity (Wildman–Crippen MR) is 130 cm³/mol. The number of benzene rings is 2. The van der Waals surface area contributed by atoms with E-state index in [-0.39, 0.29) is 11.8 Å². The molecule has 1 aliphatic rings. The van der Waals surface area contributed by atoms with E-state index in [9.17, 15) is 4.79 Å². The standard InChI is InChI=1S/C25H35N5O/c1-5-26-25(27-16-20-8-10-21(11-9-20)28-24(31)18(2)3)29-22-14-15-30(17-22)23-12-6-19(4)7-13-23/h6-13,18,22H,5,14-17H2,1-4H3,(H,28,31)(H2,26,27,29). The van der Waals surface area contributed by atoms with E-state index in [2.05, 4.69) is 59.0 Å². The van der Waals surface area contributed by atoms with E-state index >= 15 is 0 Å². The number of amides is 1. The Hall–Kier alpha value is -3.02. The molecule has 0 aromatic heterocycles. The molecular weight excluding hydrogens is 386 g/mol. The van der Waals surface area contributed by atoms with E-state index in [1.165, 1.54) is 11.3 Å². The van der Waals surface area contributed by atoms with Crippen LogP contribution in [-0.2, 0) is 11.3 Å². The molecule has 3 rings (SSSR count). The van der Waals surface area contributed by atoms with Crippen molar-refractivity contribution in [1.82, 2.24) is 10.6 Å². The van der Waals surface area contributed by atoms with Crippen LogP contribution >= 0.6 is 0 Å². The third-order valence-corrected chi connectivity index (χ3v) is 5.44. The van der Waals surface area contributed by atoms with E-state index in [0.29, 0.717) is 12.6 Å². The highest BCUT2D eigenvalue weighted by molar-refractivity contribution is 5.92. The van der Waals surface area contributed by atoms with Gasteiger partial charge < -0.3 is 20.9 Å². The number of rotatable bonds is 7. The van der Waals surface area contributed by atoms with Gasteiger partial charge in [-0.15, -0.1) is 0 Å². The highest BCUT2D eigenvalue weighted by Crippen LogP contribution is 2.20. The van der Waals surface area contributed by atoms with Gasteiger partial charge in [0, 0.05) is 43.0 Å². The first-order chi connectivity index (χ1) is 14.9. The molecular formula is C25H35N5O. The Bertz CT molecular complexity index is 874. The molecule has 31 heavy (non-hydrogen) atoms. The van der Waals surface area contributed by atoms with E-state index < -0.39 is 0 Å². The lowest BCUT2D eigenvalue weighted by Crippen LogP contribution is -2.44. The minimum absolute atomic E-state index is 0.0284. The highest BCUT2D eigenvalue weighted by Gasteiger charge is 2.23. The first-order valence-electron chi connectivity index (χ1n) is 11.2. The van der Waals surface area contributed by atoms with Gasteiger partial charge in [0.05, 0.1) is 6.54 Å². The Morgan fingerprint density at radius 2 is 1.84 bits per heavy atom. The molecule has 0 spiro atoms. The average molecular weight is 422 g/mol. The molecule has 6 heteroatoms. The highest BCUT2D eigenvalue weighted by atomic mass is 16.1. The Balaban J connectivity index is 1.55. The summed E-state index contributed by atoms with van der Waals surface area (Å²) in [6.45, 7) is 11.4. The lowest BCUT2D eigenvalue weighted by atomic mass is 10.1. The predicted octanol–water partition coefficient (Wildman–Crippen LogP) is 3.92. The number of aliphatic imine (C=N–C) groups is 1. The monoisotopic (exact) mass is 421 g/mol. The second-order valence-electron chi connectivity index (χ2n) is 8.45. The number of hydrogen-bond acceptors (Lipinski definition) is 3. The second kappa shape index (κ2) is 10.8. The number of carbonyl (C=O) groups is 1. The third kappa shape index (κ3) is 6.74. The number of carbonyl (C=O) groups excluding carboxylic acids is 1. The van der Waals surface area contributed by atoms with Gasteiger partial charge in [0.15, 0.2) is 5.96 Å². The van der Waals surface area contributed by atoms with Gasteiger partial charge in [-0.3, -0.25) is 4.79 Å². The fourth-order valence-electron chi connectivity index (χ4n) is 3.53. The molecule has 0 aliphatic carbocycles. The van der Waals surface area contributed by atoms with Crippen LogP contribution in [0, 0.1) is 12.8 Å². The summed E-state index contributed by atoms with van der Waals surface area (Å²) in [7, 11) is 0. The number of hydrogen-bond donors (Lipinski definition) is 3. The molecule has 3 N–H and O–H groups in total. The van der Waals surface area contributed by atoms with Gasteiger partial charge in [-0.1, -0.05) is 43.7 Å². The van der Waals surface area contributed by atoms with Crippen LogP contribution in [0.15, 0.2) is 53.5 Å². The van der Waals surface area contributed by atoms with Crippen LogP contribution in [0.25, 0.3) is 0 Å². The smallest absolute Gasteiger partial charge is 0.226 e. The molecule has 1 fully saturated rings. The molecule has 2 aromatic rings. The molecule has 1 unspecified atom stereocenters. The average Bonchev–Trinajstić information content (AvgIpc) is 3.22. The maximum absolute atomic E-state index is 11.8. The van der Waals surface area contributed by atoms with Crippen molar-refractivity contribution in [3.8, 4) is 0 Å². The van der Waals surface area contributed by atoms with Crippen LogP contribution in [0.4, 0.5) is 11.4 Å². The summed E-state index contributed by atoms with van der Waals surface area (Å²) in [6.07, 6.45) is 1.09. The number of nitrogens with zero attached hydrogens (tertiary/aromatic N) is 2. The van der Waals surface area contributed by atoms with E-state index in [1.54, 1.807) is 0 Å². The topological polar surface area (TPSA) is 68.8 Å². The van der Waals surface area contributed by atoms with E-state index in [0.717, 1.165) is 43.3 Å². The number of nitrogens with one attached hydrogen (secondary N) is 3. The van der Waals surface area contributed by atoms with Crippen LogP contribution < -0.4 is 20.9 Å². The summed E-state index contributed by atoms with van der Waals surface area (Å²) >= 11 is 0. The number of guanidine groups is 1. The number of aryl methyl sites for hydroxylation is 1. The van der Waals surface area contributed by atoms with Gasteiger partial charge in [-0.2, -0.15) is 0 Å². The van der Waals surface area contributed by atoms with Gasteiger partial charge in [0.25, 0.3) is 0 Å². The normalized spacial score (nSPS) is 16.5. The zero-order chi connectivity index (χ0) is 22.2. The van der Waals surface area contributed by atoms with Crippen LogP contribution in [0.1, 0.15) is 38.3 Å². The quantitative estimate of drug-likeness (QED) is 0.468. The molecule has 1 saturated heterocycles. The molecule has 1 amide bonds. The first kappa shape index (κ1) is 22.7. The Labute approximate surface area is 186 Å². The van der Waals surface area contributed by atoms with E-state index in [1.807, 2.05) is 38.1 Å². The maximum Gasteiger partial charge on any atom is 0.226 e. The van der Waals surface area contributed by atoms with Gasteiger partial charge in [-0.05, 0) is 50.1 Å². The summed E-state index contributed by atoms with van der Waals surface area (Å²) in [5.41, 5.74) is 4.49. The van der Waals surface area contributed by atoms with Crippen molar-refractivity contribution in [1.29, 1.82) is 0 Å². The van der Waals surface area contributed by atoms with Gasteiger partial charge in [-0.25, -0.2) is 4.99 Å². The van der Waals surface area contributed by atoms with Crippen molar-refractivity contribution in [2.45, 2.75) is 46.7 Å². The molecule has 1 aliphatic heterocycles. The Kier molecular flexibility index (Phi) is 7.93. The molecule has 166 valence electrons. The van der Waals surface area contributed by atoms with Crippen LogP contribution in [0.2, 0.25) is 0 Å². The zero-order valence-corrected chi connectivity index (χ0v) is 19.1. The summed E-state index contributed by atoms with van der Waals surface area (Å²) in [5, 5.41) is 9.86. The molecule has 0 saturated carbocycles. The van der Waals surface area contributed by atoms with Crippen molar-refractivity contribution in [2.75, 3.05) is 29.9 Å². The number of anilines is 2. The summed E-state index contributed by atoms with van der Waals surface area (Å²) in [5.74, 6) is 0.839. The summed E-state index contributed by atoms with van der Waals surface area (Å²) in [6, 6.07) is 17.0. The second-order valence-corrected chi connectivity index (χ2v) is 8.45. The molecule has 0 bridgehead atoms. The first-order valence-corrected chi connectivity index (χ1v) is 11.2.